The van der Waals surface area contributed by atoms with Crippen LogP contribution in [0.25, 0.3) is 0 Å². The van der Waals surface area contributed by atoms with Crippen molar-refractivity contribution in [2.75, 3.05) is 10.6 Å². The zero-order chi connectivity index (χ0) is 23.2. The third-order valence-corrected chi connectivity index (χ3v) is 7.71. The fourth-order valence-corrected chi connectivity index (χ4v) is 5.53. The van der Waals surface area contributed by atoms with Crippen molar-refractivity contribution >= 4 is 29.7 Å². The van der Waals surface area contributed by atoms with Crippen molar-refractivity contribution in [2.45, 2.75) is 77.3 Å². The van der Waals surface area contributed by atoms with Gasteiger partial charge in [-0.3, -0.25) is 19.3 Å². The van der Waals surface area contributed by atoms with Crippen LogP contribution in [0, 0.1) is 5.92 Å². The molecule has 8 heteroatoms. The van der Waals surface area contributed by atoms with Crippen LogP contribution >= 0.6 is 0 Å². The summed E-state index contributed by atoms with van der Waals surface area (Å²) < 4.78 is 0. The highest BCUT2D eigenvalue weighted by molar-refractivity contribution is 6.00. The Hall–Kier alpha value is -3.16. The van der Waals surface area contributed by atoms with Crippen molar-refractivity contribution in [3.05, 3.63) is 40.4 Å². The maximum Gasteiger partial charge on any atom is 0.270 e. The predicted octanol–water partition coefficient (Wildman–Crippen LogP) is 3.58. The Morgan fingerprint density at radius 2 is 2.00 bits per heavy atom. The fraction of sp³-hybridized carbons (Fsp3) is 0.520. The average molecular weight is 450 g/mol. The number of carbonyl (C=O) groups is 3. The summed E-state index contributed by atoms with van der Waals surface area (Å²) in [6, 6.07) is 1.87. The van der Waals surface area contributed by atoms with Gasteiger partial charge in [0.2, 0.25) is 12.3 Å². The highest BCUT2D eigenvalue weighted by Gasteiger charge is 2.49. The third kappa shape index (κ3) is 3.71. The number of carbonyl (C=O) groups excluding carboxylic acids is 3. The van der Waals surface area contributed by atoms with Crippen LogP contribution in [0.3, 0.4) is 0 Å². The molecule has 3 heterocycles. The van der Waals surface area contributed by atoms with Gasteiger partial charge in [-0.2, -0.15) is 0 Å². The highest BCUT2D eigenvalue weighted by Crippen LogP contribution is 2.41. The summed E-state index contributed by atoms with van der Waals surface area (Å²) in [5.74, 6) is 0.505. The van der Waals surface area contributed by atoms with Crippen LogP contribution in [0.1, 0.15) is 70.8 Å². The number of nitrogens with one attached hydrogen (secondary N) is 3. The molecule has 1 aromatic heterocycles. The molecule has 5 rings (SSSR count). The van der Waals surface area contributed by atoms with Crippen molar-refractivity contribution in [1.82, 2.24) is 15.2 Å². The number of nitrogens with zero attached hydrogens (tertiary/aromatic N) is 2. The smallest absolute Gasteiger partial charge is 0.270 e. The van der Waals surface area contributed by atoms with Gasteiger partial charge in [0.05, 0.1) is 0 Å². The molecule has 2 saturated carbocycles. The number of amides is 3. The van der Waals surface area contributed by atoms with Crippen LogP contribution in [-0.2, 0) is 20.8 Å². The molecule has 3 amide bonds. The number of allylic oxidation sites excluding steroid dienone is 3. The van der Waals surface area contributed by atoms with Crippen molar-refractivity contribution in [3.63, 3.8) is 0 Å². The van der Waals surface area contributed by atoms with Gasteiger partial charge in [0.25, 0.3) is 5.91 Å². The topological polar surface area (TPSA) is 103 Å². The van der Waals surface area contributed by atoms with Gasteiger partial charge in [0, 0.05) is 36.0 Å². The number of anilines is 2. The van der Waals surface area contributed by atoms with E-state index in [9.17, 15) is 14.4 Å². The first-order valence-electron chi connectivity index (χ1n) is 12.0. The lowest BCUT2D eigenvalue weighted by atomic mass is 9.85. The zero-order valence-electron chi connectivity index (χ0n) is 19.3. The zero-order valence-corrected chi connectivity index (χ0v) is 19.3. The number of rotatable bonds is 4. The molecule has 0 bridgehead atoms. The Labute approximate surface area is 193 Å². The second kappa shape index (κ2) is 8.32. The minimum absolute atomic E-state index is 0.0379. The average Bonchev–Trinajstić information content (AvgIpc) is 3.02. The monoisotopic (exact) mass is 449 g/mol. The third-order valence-electron chi connectivity index (χ3n) is 7.71. The maximum absolute atomic E-state index is 13.0. The molecule has 2 aliphatic heterocycles. The molecular formula is C25H31N5O3. The fourth-order valence-electron chi connectivity index (χ4n) is 5.53. The van der Waals surface area contributed by atoms with Gasteiger partial charge in [0.1, 0.15) is 17.2 Å². The molecule has 1 aromatic rings. The summed E-state index contributed by atoms with van der Waals surface area (Å²) in [5, 5.41) is 9.47. The first-order valence-corrected chi connectivity index (χ1v) is 12.0. The van der Waals surface area contributed by atoms with Gasteiger partial charge in [-0.05, 0) is 69.1 Å². The number of hydrogen-bond donors (Lipinski definition) is 3. The summed E-state index contributed by atoms with van der Waals surface area (Å²) in [7, 11) is 0. The van der Waals surface area contributed by atoms with Gasteiger partial charge in [-0.1, -0.05) is 12.8 Å². The van der Waals surface area contributed by atoms with E-state index >= 15 is 0 Å². The summed E-state index contributed by atoms with van der Waals surface area (Å²) in [4.78, 5) is 43.5. The molecule has 0 unspecified atom stereocenters. The maximum atomic E-state index is 13.0. The van der Waals surface area contributed by atoms with Crippen LogP contribution in [-0.4, -0.2) is 33.8 Å². The molecule has 1 saturated heterocycles. The Balaban J connectivity index is 1.41. The van der Waals surface area contributed by atoms with E-state index in [1.165, 1.54) is 0 Å². The second-order valence-electron chi connectivity index (χ2n) is 9.74. The summed E-state index contributed by atoms with van der Waals surface area (Å²) >= 11 is 0. The number of fused-ring (bicyclic) bond motifs is 1. The van der Waals surface area contributed by atoms with Gasteiger partial charge < -0.3 is 16.0 Å². The predicted molar refractivity (Wildman–Crippen MR) is 125 cm³/mol. The summed E-state index contributed by atoms with van der Waals surface area (Å²) in [5.41, 5.74) is 4.47. The molecule has 2 aliphatic carbocycles. The van der Waals surface area contributed by atoms with Crippen LogP contribution in [0.15, 0.2) is 34.8 Å². The quantitative estimate of drug-likeness (QED) is 0.482. The lowest BCUT2D eigenvalue weighted by molar-refractivity contribution is -0.122. The van der Waals surface area contributed by atoms with E-state index in [1.54, 1.807) is 11.1 Å². The highest BCUT2D eigenvalue weighted by atomic mass is 16.2. The van der Waals surface area contributed by atoms with E-state index in [0.29, 0.717) is 17.9 Å². The molecule has 33 heavy (non-hydrogen) atoms. The molecule has 3 fully saturated rings. The van der Waals surface area contributed by atoms with E-state index in [-0.39, 0.29) is 17.7 Å². The normalized spacial score (nSPS) is 23.5. The van der Waals surface area contributed by atoms with Crippen molar-refractivity contribution in [3.8, 4) is 0 Å². The first kappa shape index (κ1) is 21.7. The Morgan fingerprint density at radius 1 is 1.24 bits per heavy atom. The lowest BCUT2D eigenvalue weighted by Gasteiger charge is -2.38. The van der Waals surface area contributed by atoms with E-state index < -0.39 is 5.66 Å². The van der Waals surface area contributed by atoms with Crippen molar-refractivity contribution in [1.29, 1.82) is 0 Å². The minimum atomic E-state index is -0.586. The summed E-state index contributed by atoms with van der Waals surface area (Å²) in [6.45, 7) is 3.89. The van der Waals surface area contributed by atoms with Gasteiger partial charge in [0.15, 0.2) is 0 Å². The molecular weight excluding hydrogens is 418 g/mol. The first-order chi connectivity index (χ1) is 15.9. The molecule has 0 atom stereocenters. The summed E-state index contributed by atoms with van der Waals surface area (Å²) in [6.07, 6.45) is 10.9. The Bertz CT molecular complexity index is 1080. The minimum Gasteiger partial charge on any atom is -0.359 e. The van der Waals surface area contributed by atoms with Crippen LogP contribution in [0.5, 0.6) is 0 Å². The van der Waals surface area contributed by atoms with Crippen molar-refractivity contribution < 1.29 is 14.4 Å². The lowest BCUT2D eigenvalue weighted by Crippen LogP contribution is -2.52. The Morgan fingerprint density at radius 3 is 2.67 bits per heavy atom. The second-order valence-corrected chi connectivity index (χ2v) is 9.74. The Kier molecular flexibility index (Phi) is 5.46. The van der Waals surface area contributed by atoms with Gasteiger partial charge in [-0.15, -0.1) is 0 Å². The molecule has 4 aliphatic rings. The van der Waals surface area contributed by atoms with E-state index in [1.807, 2.05) is 19.9 Å². The largest absolute Gasteiger partial charge is 0.359 e. The van der Waals surface area contributed by atoms with E-state index in [0.717, 1.165) is 85.9 Å². The molecule has 0 radical (unpaired) electrons. The van der Waals surface area contributed by atoms with Crippen LogP contribution < -0.4 is 16.0 Å². The van der Waals surface area contributed by atoms with E-state index in [4.69, 9.17) is 0 Å². The van der Waals surface area contributed by atoms with Crippen molar-refractivity contribution in [2.24, 2.45) is 5.92 Å². The van der Waals surface area contributed by atoms with Gasteiger partial charge in [-0.25, -0.2) is 4.98 Å². The molecule has 3 N–H and O–H groups in total. The van der Waals surface area contributed by atoms with Gasteiger partial charge >= 0.3 is 0 Å². The SMILES string of the molecule is CC1=C(/C(C)=C2/C(=O)NC3(CCCCC3)N2C=O)Cc2cnc(NC(=O)C3CCC3)cc2N1. The van der Waals surface area contributed by atoms with Crippen LogP contribution in [0.2, 0.25) is 0 Å². The number of aromatic nitrogens is 1. The van der Waals surface area contributed by atoms with Crippen LogP contribution in [0.4, 0.5) is 11.5 Å². The van der Waals surface area contributed by atoms with E-state index in [2.05, 4.69) is 20.9 Å². The molecule has 1 spiro atoms. The standard InChI is InChI=1S/C25H31N5O3/c1-15(22-24(33)29-25(30(22)14-31)9-4-3-5-10-25)19-11-18-13-26-21(12-20(18)27-16(19)2)28-23(32)17-7-6-8-17/h12-14,17,27H,3-11H2,1-2H3,(H,29,33)(H,26,28,32)/b22-15-. The number of hydrogen-bond acceptors (Lipinski definition) is 5. The molecule has 0 aromatic carbocycles. The molecule has 8 nitrogen and oxygen atoms in total. The molecule has 174 valence electrons. The number of pyridine rings is 1.